The second kappa shape index (κ2) is 6.66. The Balaban J connectivity index is 1.63. The van der Waals surface area contributed by atoms with E-state index in [1.165, 1.54) is 38.2 Å². The average molecular weight is 311 g/mol. The molecule has 0 aromatic heterocycles. The minimum Gasteiger partial charge on any atom is -0.392 e. The molecule has 0 radical (unpaired) electrons. The Bertz CT molecular complexity index is 490. The molecule has 4 atom stereocenters. The molecule has 0 amide bonds. The van der Waals surface area contributed by atoms with Crippen LogP contribution in [0.3, 0.4) is 0 Å². The number of hydrogen-bond donors (Lipinski definition) is 1. The fourth-order valence-corrected chi connectivity index (χ4v) is 4.56. The monoisotopic (exact) mass is 310 g/mol. The van der Waals surface area contributed by atoms with Crippen molar-refractivity contribution in [1.82, 2.24) is 0 Å². The van der Waals surface area contributed by atoms with Crippen molar-refractivity contribution in [3.63, 3.8) is 0 Å². The lowest BCUT2D eigenvalue weighted by atomic mass is 9.66. The minimum atomic E-state index is -0.396. The van der Waals surface area contributed by atoms with Gasteiger partial charge in [0.15, 0.2) is 0 Å². The van der Waals surface area contributed by atoms with Gasteiger partial charge < -0.3 is 5.11 Å². The van der Waals surface area contributed by atoms with E-state index in [9.17, 15) is 9.50 Å². The van der Waals surface area contributed by atoms with Crippen LogP contribution in [0.4, 0.5) is 4.39 Å². The number of benzene rings is 1. The maximum Gasteiger partial charge on any atom is 0.142 e. The van der Waals surface area contributed by atoms with Gasteiger partial charge in [0.25, 0.3) is 0 Å². The van der Waals surface area contributed by atoms with Crippen LogP contribution < -0.4 is 0 Å². The van der Waals surface area contributed by atoms with Crippen molar-refractivity contribution in [2.45, 2.75) is 57.5 Å². The van der Waals surface area contributed by atoms with Crippen molar-refractivity contribution in [3.05, 3.63) is 34.6 Å². The smallest absolute Gasteiger partial charge is 0.142 e. The van der Waals surface area contributed by atoms with Crippen LogP contribution in [0.5, 0.6) is 0 Å². The van der Waals surface area contributed by atoms with Gasteiger partial charge in [-0.25, -0.2) is 4.39 Å². The van der Waals surface area contributed by atoms with Gasteiger partial charge in [0.05, 0.1) is 11.1 Å². The van der Waals surface area contributed by atoms with Crippen LogP contribution in [0.1, 0.15) is 50.5 Å². The summed E-state index contributed by atoms with van der Waals surface area (Å²) in [5.41, 5.74) is 0.731. The first-order valence-corrected chi connectivity index (χ1v) is 8.64. The van der Waals surface area contributed by atoms with Crippen molar-refractivity contribution in [3.8, 4) is 0 Å². The van der Waals surface area contributed by atoms with E-state index in [0.717, 1.165) is 30.2 Å². The van der Waals surface area contributed by atoms with Crippen LogP contribution in [0.15, 0.2) is 18.2 Å². The molecule has 0 bridgehead atoms. The molecule has 2 fully saturated rings. The van der Waals surface area contributed by atoms with Crippen LogP contribution in [0.2, 0.25) is 5.02 Å². The molecular weight excluding hydrogens is 287 g/mol. The van der Waals surface area contributed by atoms with E-state index in [4.69, 9.17) is 11.6 Å². The predicted molar refractivity (Wildman–Crippen MR) is 83.9 cm³/mol. The molecule has 0 heterocycles. The van der Waals surface area contributed by atoms with Gasteiger partial charge >= 0.3 is 0 Å². The van der Waals surface area contributed by atoms with Crippen LogP contribution in [-0.4, -0.2) is 11.2 Å². The SMILES string of the molecule is OC(Cc1cccc(F)c1Cl)C1CCC2CCCCC2C1. The lowest BCUT2D eigenvalue weighted by Gasteiger charge is -2.40. The summed E-state index contributed by atoms with van der Waals surface area (Å²) in [4.78, 5) is 0. The third-order valence-corrected chi connectivity index (χ3v) is 6.01. The van der Waals surface area contributed by atoms with Gasteiger partial charge in [-0.15, -0.1) is 0 Å². The highest BCUT2D eigenvalue weighted by Gasteiger charge is 2.35. The fraction of sp³-hybridized carbons (Fsp3) is 0.667. The zero-order valence-electron chi connectivity index (χ0n) is 12.4. The Kier molecular flexibility index (Phi) is 4.85. The zero-order valence-corrected chi connectivity index (χ0v) is 13.2. The topological polar surface area (TPSA) is 20.2 Å². The first-order valence-electron chi connectivity index (χ1n) is 8.26. The summed E-state index contributed by atoms with van der Waals surface area (Å²) in [6, 6.07) is 4.85. The van der Waals surface area contributed by atoms with Gasteiger partial charge in [-0.2, -0.15) is 0 Å². The Morgan fingerprint density at radius 1 is 1.14 bits per heavy atom. The molecule has 0 saturated heterocycles. The summed E-state index contributed by atoms with van der Waals surface area (Å²) in [7, 11) is 0. The molecular formula is C18H24ClFO. The maximum atomic E-state index is 13.5. The molecule has 21 heavy (non-hydrogen) atoms. The van der Waals surface area contributed by atoms with E-state index in [2.05, 4.69) is 0 Å². The second-order valence-corrected chi connectivity index (χ2v) is 7.24. The van der Waals surface area contributed by atoms with E-state index >= 15 is 0 Å². The summed E-state index contributed by atoms with van der Waals surface area (Å²) in [6.45, 7) is 0. The largest absolute Gasteiger partial charge is 0.392 e. The number of halogens is 2. The van der Waals surface area contributed by atoms with Crippen molar-refractivity contribution < 1.29 is 9.50 Å². The molecule has 0 spiro atoms. The van der Waals surface area contributed by atoms with Crippen LogP contribution in [0.25, 0.3) is 0 Å². The summed E-state index contributed by atoms with van der Waals surface area (Å²) in [5.74, 6) is 1.65. The van der Waals surface area contributed by atoms with Gasteiger partial charge in [0.1, 0.15) is 5.82 Å². The molecule has 2 saturated carbocycles. The molecule has 3 heteroatoms. The molecule has 0 aliphatic heterocycles. The highest BCUT2D eigenvalue weighted by Crippen LogP contribution is 2.44. The summed E-state index contributed by atoms with van der Waals surface area (Å²) >= 11 is 6.00. The summed E-state index contributed by atoms with van der Waals surface area (Å²) in [6.07, 6.45) is 9.01. The standard InChI is InChI=1S/C18H24ClFO/c19-18-15(6-3-7-16(18)20)11-17(21)14-9-8-12-4-1-2-5-13(12)10-14/h3,6-7,12-14,17,21H,1-2,4-5,8-11H2. The molecule has 1 aromatic carbocycles. The van der Waals surface area contributed by atoms with Crippen LogP contribution in [0, 0.1) is 23.6 Å². The average Bonchev–Trinajstić information content (AvgIpc) is 2.51. The third-order valence-electron chi connectivity index (χ3n) is 5.59. The number of hydrogen-bond acceptors (Lipinski definition) is 1. The van der Waals surface area contributed by atoms with E-state index in [1.54, 1.807) is 6.07 Å². The lowest BCUT2D eigenvalue weighted by Crippen LogP contribution is -2.34. The minimum absolute atomic E-state index is 0.169. The Hall–Kier alpha value is -0.600. The normalized spacial score (nSPS) is 30.7. The zero-order chi connectivity index (χ0) is 14.8. The van der Waals surface area contributed by atoms with Gasteiger partial charge in [0.2, 0.25) is 0 Å². The quantitative estimate of drug-likeness (QED) is 0.834. The lowest BCUT2D eigenvalue weighted by molar-refractivity contribution is 0.0361. The van der Waals surface area contributed by atoms with Crippen LogP contribution >= 0.6 is 11.6 Å². The van der Waals surface area contributed by atoms with Gasteiger partial charge in [-0.05, 0) is 48.6 Å². The number of aliphatic hydroxyl groups excluding tert-OH is 1. The van der Waals surface area contributed by atoms with Crippen molar-refractivity contribution in [2.24, 2.45) is 17.8 Å². The molecule has 4 unspecified atom stereocenters. The second-order valence-electron chi connectivity index (χ2n) is 6.86. The molecule has 1 N–H and O–H groups in total. The van der Waals surface area contributed by atoms with E-state index < -0.39 is 11.9 Å². The molecule has 2 aliphatic rings. The first-order chi connectivity index (χ1) is 10.1. The molecule has 2 aliphatic carbocycles. The fourth-order valence-electron chi connectivity index (χ4n) is 4.36. The van der Waals surface area contributed by atoms with Crippen molar-refractivity contribution >= 4 is 11.6 Å². The Labute approximate surface area is 131 Å². The first kappa shape index (κ1) is 15.3. The highest BCUT2D eigenvalue weighted by atomic mass is 35.5. The van der Waals surface area contributed by atoms with Crippen LogP contribution in [-0.2, 0) is 6.42 Å². The molecule has 116 valence electrons. The van der Waals surface area contributed by atoms with Gasteiger partial charge in [-0.3, -0.25) is 0 Å². The van der Waals surface area contributed by atoms with Gasteiger partial charge in [-0.1, -0.05) is 49.4 Å². The maximum absolute atomic E-state index is 13.5. The highest BCUT2D eigenvalue weighted by molar-refractivity contribution is 6.31. The number of fused-ring (bicyclic) bond motifs is 1. The number of rotatable bonds is 3. The molecule has 1 aromatic rings. The van der Waals surface area contributed by atoms with Crippen molar-refractivity contribution in [1.29, 1.82) is 0 Å². The predicted octanol–water partition coefficient (Wildman–Crippen LogP) is 4.99. The Morgan fingerprint density at radius 2 is 1.90 bits per heavy atom. The van der Waals surface area contributed by atoms with E-state index in [-0.39, 0.29) is 5.02 Å². The van der Waals surface area contributed by atoms with E-state index in [1.807, 2.05) is 6.07 Å². The van der Waals surface area contributed by atoms with Crippen molar-refractivity contribution in [2.75, 3.05) is 0 Å². The summed E-state index contributed by atoms with van der Waals surface area (Å²) < 4.78 is 13.5. The molecule has 1 nitrogen and oxygen atoms in total. The number of aliphatic hydroxyl groups is 1. The Morgan fingerprint density at radius 3 is 2.71 bits per heavy atom. The molecule has 3 rings (SSSR count). The van der Waals surface area contributed by atoms with Gasteiger partial charge in [0, 0.05) is 6.42 Å². The third kappa shape index (κ3) is 3.43. The summed E-state index contributed by atoms with van der Waals surface area (Å²) in [5, 5.41) is 10.7. The van der Waals surface area contributed by atoms with E-state index in [0.29, 0.717) is 12.3 Å².